The Labute approximate surface area is 369 Å². The van der Waals surface area contributed by atoms with Crippen molar-refractivity contribution in [2.24, 2.45) is 0 Å². The lowest BCUT2D eigenvalue weighted by Gasteiger charge is -2.18. The Bertz CT molecular complexity index is 1190. The van der Waals surface area contributed by atoms with Gasteiger partial charge in [0.25, 0.3) is 0 Å². The lowest BCUT2D eigenvalue weighted by Crippen LogP contribution is -2.28. The number of ether oxygens (including phenoxy) is 1. The molecular formula is C54H91NO5. The minimum atomic E-state index is -1.02. The van der Waals surface area contributed by atoms with E-state index >= 15 is 0 Å². The van der Waals surface area contributed by atoms with E-state index < -0.39 is 5.97 Å². The zero-order valence-corrected chi connectivity index (χ0v) is 38.8. The molecule has 0 bridgehead atoms. The summed E-state index contributed by atoms with van der Waals surface area (Å²) < 4.78 is 6.04. The molecule has 0 saturated carbocycles. The van der Waals surface area contributed by atoms with Gasteiger partial charge in [-0.05, 0) is 116 Å². The molecule has 0 saturated heterocycles. The molecule has 342 valence electrons. The number of nitrogens with one attached hydrogen (secondary N) is 1. The zero-order valence-electron chi connectivity index (χ0n) is 38.8. The van der Waals surface area contributed by atoms with Crippen molar-refractivity contribution in [1.29, 1.82) is 0 Å². The summed E-state index contributed by atoms with van der Waals surface area (Å²) in [5.74, 6) is -1.27. The third kappa shape index (κ3) is 47.3. The number of aliphatic carboxylic acids is 1. The van der Waals surface area contributed by atoms with Gasteiger partial charge in [-0.25, -0.2) is 0 Å². The predicted octanol–water partition coefficient (Wildman–Crippen LogP) is 15.9. The van der Waals surface area contributed by atoms with Gasteiger partial charge in [-0.1, -0.05) is 182 Å². The second kappa shape index (κ2) is 48.3. The summed E-state index contributed by atoms with van der Waals surface area (Å²) in [6.07, 6.45) is 67.2. The van der Waals surface area contributed by atoms with Crippen LogP contribution in [0.25, 0.3) is 0 Å². The second-order valence-corrected chi connectivity index (χ2v) is 16.3. The minimum absolute atomic E-state index is 0.0231. The SMILES string of the molecule is CC/C=C\C/C=C\C/C=C\C/C=C\CCCCC(CCCCCCCC(=O)NCC(=O)O)OC(=O)CCCCCCCCCC/C=C\C/C=C\C/C=C\CCCCCCC. The Hall–Kier alpha value is -3.41. The average molecular weight is 834 g/mol. The Morgan fingerprint density at radius 1 is 0.450 bits per heavy atom. The summed E-state index contributed by atoms with van der Waals surface area (Å²) in [5, 5.41) is 11.1. The van der Waals surface area contributed by atoms with Gasteiger partial charge in [0.05, 0.1) is 0 Å². The Morgan fingerprint density at radius 2 is 0.817 bits per heavy atom. The van der Waals surface area contributed by atoms with E-state index in [0.29, 0.717) is 12.8 Å². The van der Waals surface area contributed by atoms with Crippen LogP contribution in [0.4, 0.5) is 0 Å². The molecule has 1 unspecified atom stereocenters. The number of carbonyl (C=O) groups excluding carboxylic acids is 2. The van der Waals surface area contributed by atoms with E-state index in [-0.39, 0.29) is 24.5 Å². The molecule has 60 heavy (non-hydrogen) atoms. The van der Waals surface area contributed by atoms with Crippen molar-refractivity contribution in [2.75, 3.05) is 6.54 Å². The molecule has 1 atom stereocenters. The summed E-state index contributed by atoms with van der Waals surface area (Å²) in [6.45, 7) is 4.10. The monoisotopic (exact) mass is 834 g/mol. The Balaban J connectivity index is 4.20. The largest absolute Gasteiger partial charge is 0.480 e. The van der Waals surface area contributed by atoms with Crippen LogP contribution in [0.5, 0.6) is 0 Å². The predicted molar refractivity (Wildman–Crippen MR) is 258 cm³/mol. The first-order chi connectivity index (χ1) is 29.5. The van der Waals surface area contributed by atoms with Crippen molar-refractivity contribution in [3.63, 3.8) is 0 Å². The number of carbonyl (C=O) groups is 3. The van der Waals surface area contributed by atoms with E-state index in [1.807, 2.05) is 0 Å². The number of unbranched alkanes of at least 4 members (excludes halogenated alkanes) is 19. The van der Waals surface area contributed by atoms with Crippen molar-refractivity contribution in [3.05, 3.63) is 85.1 Å². The van der Waals surface area contributed by atoms with Crippen LogP contribution >= 0.6 is 0 Å². The molecule has 0 aliphatic heterocycles. The maximum absolute atomic E-state index is 12.8. The first-order valence-electron chi connectivity index (χ1n) is 24.7. The quantitative estimate of drug-likeness (QED) is 0.0362. The van der Waals surface area contributed by atoms with Gasteiger partial charge in [-0.3, -0.25) is 14.4 Å². The lowest BCUT2D eigenvalue weighted by atomic mass is 10.0. The summed E-state index contributed by atoms with van der Waals surface area (Å²) in [5.41, 5.74) is 0. The van der Waals surface area contributed by atoms with Gasteiger partial charge in [-0.15, -0.1) is 0 Å². The number of amides is 1. The normalized spacial score (nSPS) is 12.8. The van der Waals surface area contributed by atoms with Crippen LogP contribution in [0.3, 0.4) is 0 Å². The van der Waals surface area contributed by atoms with Crippen LogP contribution in [0.2, 0.25) is 0 Å². The third-order valence-corrected chi connectivity index (χ3v) is 10.6. The molecule has 6 nitrogen and oxygen atoms in total. The Kier molecular flexibility index (Phi) is 45.5. The Morgan fingerprint density at radius 3 is 1.28 bits per heavy atom. The summed E-state index contributed by atoms with van der Waals surface area (Å²) in [4.78, 5) is 35.2. The number of esters is 1. The van der Waals surface area contributed by atoms with Gasteiger partial charge in [-0.2, -0.15) is 0 Å². The maximum Gasteiger partial charge on any atom is 0.322 e. The highest BCUT2D eigenvalue weighted by atomic mass is 16.5. The summed E-state index contributed by atoms with van der Waals surface area (Å²) >= 11 is 0. The van der Waals surface area contributed by atoms with E-state index in [1.54, 1.807) is 0 Å². The zero-order chi connectivity index (χ0) is 43.7. The highest BCUT2D eigenvalue weighted by Crippen LogP contribution is 2.18. The van der Waals surface area contributed by atoms with E-state index in [2.05, 4.69) is 104 Å². The van der Waals surface area contributed by atoms with Crippen molar-refractivity contribution in [3.8, 4) is 0 Å². The molecular weight excluding hydrogens is 743 g/mol. The molecule has 2 N–H and O–H groups in total. The van der Waals surface area contributed by atoms with Gasteiger partial charge in [0.2, 0.25) is 5.91 Å². The van der Waals surface area contributed by atoms with Gasteiger partial charge >= 0.3 is 11.9 Å². The number of carboxylic acid groups (broad SMARTS) is 1. The molecule has 0 spiro atoms. The van der Waals surface area contributed by atoms with E-state index in [1.165, 1.54) is 83.5 Å². The van der Waals surface area contributed by atoms with E-state index in [0.717, 1.165) is 116 Å². The standard InChI is InChI=1S/C54H91NO5/c1-3-5-7-9-11-13-15-17-19-20-21-22-23-24-25-26-28-30-32-34-36-41-45-49-54(59)60-51(47-43-39-37-40-44-48-52(56)55-50-53(57)58)46-42-38-35-33-31-29-27-18-16-14-12-10-8-6-4-2/h6,8,12,14-15,17-18,20-21,23-24,27,31,33,51H,3-5,7,9-11,13,16,19,22,25-26,28-30,32,34-50H2,1-2H3,(H,55,56)(H,57,58)/b8-6-,14-12-,17-15-,21-20-,24-23-,27-18-,33-31-. The number of rotatable bonds is 44. The van der Waals surface area contributed by atoms with Crippen LogP contribution < -0.4 is 5.32 Å². The fraction of sp³-hybridized carbons (Fsp3) is 0.685. The summed E-state index contributed by atoms with van der Waals surface area (Å²) in [7, 11) is 0. The van der Waals surface area contributed by atoms with Crippen LogP contribution in [-0.4, -0.2) is 35.6 Å². The lowest BCUT2D eigenvalue weighted by molar-refractivity contribution is -0.150. The molecule has 0 fully saturated rings. The van der Waals surface area contributed by atoms with Crippen LogP contribution in [0, 0.1) is 0 Å². The first kappa shape index (κ1) is 56.6. The summed E-state index contributed by atoms with van der Waals surface area (Å²) in [6, 6.07) is 0. The van der Waals surface area contributed by atoms with Gasteiger partial charge in [0.1, 0.15) is 12.6 Å². The highest BCUT2D eigenvalue weighted by Gasteiger charge is 2.14. The molecule has 0 aromatic heterocycles. The number of hydrogen-bond donors (Lipinski definition) is 2. The average Bonchev–Trinajstić information content (AvgIpc) is 3.24. The van der Waals surface area contributed by atoms with Gasteiger partial charge in [0.15, 0.2) is 0 Å². The molecule has 0 aliphatic rings. The minimum Gasteiger partial charge on any atom is -0.480 e. The second-order valence-electron chi connectivity index (χ2n) is 16.3. The fourth-order valence-corrected chi connectivity index (χ4v) is 6.92. The fourth-order valence-electron chi connectivity index (χ4n) is 6.92. The molecule has 0 rings (SSSR count). The van der Waals surface area contributed by atoms with Crippen molar-refractivity contribution < 1.29 is 24.2 Å². The van der Waals surface area contributed by atoms with Crippen LogP contribution in [0.15, 0.2) is 85.1 Å². The van der Waals surface area contributed by atoms with Gasteiger partial charge in [0, 0.05) is 12.8 Å². The van der Waals surface area contributed by atoms with Gasteiger partial charge < -0.3 is 15.2 Å². The topological polar surface area (TPSA) is 92.7 Å². The number of allylic oxidation sites excluding steroid dienone is 14. The molecule has 0 aromatic rings. The molecule has 0 radical (unpaired) electrons. The number of carboxylic acids is 1. The maximum atomic E-state index is 12.8. The van der Waals surface area contributed by atoms with Crippen LogP contribution in [-0.2, 0) is 19.1 Å². The van der Waals surface area contributed by atoms with E-state index in [9.17, 15) is 14.4 Å². The molecule has 6 heteroatoms. The highest BCUT2D eigenvalue weighted by molar-refractivity contribution is 5.80. The number of hydrogen-bond acceptors (Lipinski definition) is 4. The van der Waals surface area contributed by atoms with Crippen LogP contribution in [0.1, 0.15) is 226 Å². The first-order valence-corrected chi connectivity index (χ1v) is 24.7. The molecule has 1 amide bonds. The smallest absolute Gasteiger partial charge is 0.322 e. The van der Waals surface area contributed by atoms with E-state index in [4.69, 9.17) is 9.84 Å². The van der Waals surface area contributed by atoms with Crippen molar-refractivity contribution in [1.82, 2.24) is 5.32 Å². The van der Waals surface area contributed by atoms with Crippen molar-refractivity contribution >= 4 is 17.8 Å². The molecule has 0 aromatic carbocycles. The third-order valence-electron chi connectivity index (χ3n) is 10.6. The molecule has 0 heterocycles. The van der Waals surface area contributed by atoms with Crippen molar-refractivity contribution in [2.45, 2.75) is 232 Å². The molecule has 0 aliphatic carbocycles.